The molecule has 34 nitrogen and oxygen atoms in total. The van der Waals surface area contributed by atoms with Gasteiger partial charge >= 0.3 is 5.97 Å². The number of likely N-dealkylation sites (tertiary alicyclic amines) is 2. The van der Waals surface area contributed by atoms with Gasteiger partial charge in [0, 0.05) is 26.1 Å². The minimum absolute atomic E-state index is 0.0158. The predicted octanol–water partition coefficient (Wildman–Crippen LogP) is -5.17. The number of carboxylic acids is 1. The quantitative estimate of drug-likeness (QED) is 0.0155. The molecule has 0 saturated carbocycles. The van der Waals surface area contributed by atoms with Crippen LogP contribution in [0, 0.1) is 17.2 Å². The van der Waals surface area contributed by atoms with Gasteiger partial charge in [0.2, 0.25) is 76.8 Å². The van der Waals surface area contributed by atoms with Crippen molar-refractivity contribution in [3.8, 4) is 0 Å². The highest BCUT2D eigenvalue weighted by molar-refractivity contribution is 6.00. The van der Waals surface area contributed by atoms with E-state index in [0.29, 0.717) is 57.9 Å². The Hall–Kier alpha value is -8.27. The molecule has 0 aromatic carbocycles. The summed E-state index contributed by atoms with van der Waals surface area (Å²) >= 11 is 0. The third kappa shape index (κ3) is 25.9. The molecule has 13 amide bonds. The number of nitrogens with one attached hydrogen (secondary N) is 13. The van der Waals surface area contributed by atoms with Gasteiger partial charge in [-0.1, -0.05) is 27.7 Å². The third-order valence-electron chi connectivity index (χ3n) is 16.6. The maximum Gasteiger partial charge on any atom is 0.326 e. The molecule has 0 bridgehead atoms. The molecule has 0 aromatic heterocycles. The summed E-state index contributed by atoms with van der Waals surface area (Å²) in [5, 5.41) is 48.9. The number of carbonyl (C=O) groups excluding carboxylic acids is 13. The number of aliphatic carboxylic acids is 1. The lowest BCUT2D eigenvalue weighted by Crippen LogP contribution is -2.60. The predicted molar refractivity (Wildman–Crippen MR) is 343 cm³/mol. The SMILES string of the molecule is CC(C)[C@H](NC(=O)[C@H](CCCCN)NC(=O)[C@H](CCCNC(=N)N)NC(=O)[C@@H]1CCCN1C(=O)[C@H](CCCCN)NC(=O)[C@H](C)NC(=O)[C@H](C)NC(=O)[C@@H]1CCCN1C(=O)[C@@H](NC(=O)[C@@H]1CCCN1)C(C)C)C(=O)N[C@@H](C)C(=O)N[C@@H](C)C(=O)N[C@@H](CCC(N)=O)C(=O)O. The standard InChI is InChI=1S/C60H105N19O15/c1-31(2)45(56(90)71-34(6)48(82)69-36(8)50(84)75-41(59(93)94)23-24-44(63)80)76-53(87)38(17-9-11-25-61)72-52(86)39(20-14-28-67-60(64)65)73-55(89)43-22-15-29-78(43)57(91)40(18-10-12-26-62)74-49(83)35(7)68-47(81)33(5)70-54(88)42-21-16-30-79(42)58(92)46(32(3)4)77-51(85)37-19-13-27-66-37/h31-43,45-46,66H,9-30,61-62H2,1-8H3,(H2,63,80)(H,68,81)(H,69,82)(H,70,88)(H,71,90)(H,72,86)(H,73,89)(H,74,83)(H,75,84)(H,76,87)(H,77,85)(H,93,94)(H4,64,65,67)/t33-,34-,35-,36-,37-,38-,39-,40-,41-,42-,43-,45-,46-/m0/s1. The van der Waals surface area contributed by atoms with E-state index in [1.807, 2.05) is 0 Å². The molecule has 3 rings (SSSR count). The van der Waals surface area contributed by atoms with Gasteiger partial charge in [-0.15, -0.1) is 0 Å². The smallest absolute Gasteiger partial charge is 0.326 e. The van der Waals surface area contributed by atoms with E-state index >= 15 is 0 Å². The number of nitrogens with two attached hydrogens (primary N) is 4. The van der Waals surface area contributed by atoms with E-state index in [4.69, 9.17) is 28.3 Å². The number of primary amides is 1. The number of rotatable bonds is 40. The van der Waals surface area contributed by atoms with Crippen LogP contribution in [-0.4, -0.2) is 221 Å². The summed E-state index contributed by atoms with van der Waals surface area (Å²) in [6, 6.07) is -15.1. The normalized spacial score (nSPS) is 19.3. The van der Waals surface area contributed by atoms with Crippen LogP contribution in [0.3, 0.4) is 0 Å². The van der Waals surface area contributed by atoms with Crippen LogP contribution >= 0.6 is 0 Å². The number of amides is 13. The van der Waals surface area contributed by atoms with Crippen molar-refractivity contribution in [2.45, 2.75) is 237 Å². The monoisotopic (exact) mass is 1330 g/mol. The maximum atomic E-state index is 14.6. The van der Waals surface area contributed by atoms with Crippen LogP contribution in [0.4, 0.5) is 0 Å². The first-order valence-corrected chi connectivity index (χ1v) is 32.7. The van der Waals surface area contributed by atoms with Crippen molar-refractivity contribution >= 4 is 88.7 Å². The van der Waals surface area contributed by atoms with Crippen molar-refractivity contribution in [1.29, 1.82) is 5.41 Å². The fourth-order valence-electron chi connectivity index (χ4n) is 11.0. The molecule has 3 aliphatic rings. The molecule has 530 valence electrons. The van der Waals surface area contributed by atoms with Crippen LogP contribution < -0.4 is 86.7 Å². The number of guanidine groups is 1. The van der Waals surface area contributed by atoms with Gasteiger partial charge in [0.1, 0.15) is 72.5 Å². The molecular weight excluding hydrogens is 1230 g/mol. The Morgan fingerprint density at radius 3 is 1.40 bits per heavy atom. The van der Waals surface area contributed by atoms with E-state index in [-0.39, 0.29) is 95.5 Å². The zero-order valence-electron chi connectivity index (χ0n) is 55.6. The molecular formula is C60H105N19O15. The second-order valence-corrected chi connectivity index (χ2v) is 25.0. The topological polar surface area (TPSA) is 538 Å². The van der Waals surface area contributed by atoms with Crippen molar-refractivity contribution in [2.75, 3.05) is 39.3 Å². The van der Waals surface area contributed by atoms with Crippen molar-refractivity contribution in [2.24, 2.45) is 34.8 Å². The average Bonchev–Trinajstić information content (AvgIpc) is 1.65. The lowest BCUT2D eigenvalue weighted by molar-refractivity contribution is -0.143. The van der Waals surface area contributed by atoms with E-state index in [1.165, 1.54) is 37.5 Å². The van der Waals surface area contributed by atoms with Gasteiger partial charge < -0.3 is 102 Å². The lowest BCUT2D eigenvalue weighted by atomic mass is 10.0. The van der Waals surface area contributed by atoms with E-state index in [1.54, 1.807) is 27.7 Å². The average molecular weight is 1330 g/mol. The molecule has 94 heavy (non-hydrogen) atoms. The zero-order valence-corrected chi connectivity index (χ0v) is 55.6. The van der Waals surface area contributed by atoms with Gasteiger partial charge in [-0.2, -0.15) is 0 Å². The van der Waals surface area contributed by atoms with Crippen molar-refractivity contribution < 1.29 is 72.2 Å². The molecule has 0 spiro atoms. The second kappa shape index (κ2) is 40.1. The van der Waals surface area contributed by atoms with Gasteiger partial charge in [-0.25, -0.2) is 4.79 Å². The zero-order chi connectivity index (χ0) is 70.5. The van der Waals surface area contributed by atoms with Crippen molar-refractivity contribution in [1.82, 2.24) is 73.6 Å². The van der Waals surface area contributed by atoms with Crippen LogP contribution in [0.5, 0.6) is 0 Å². The van der Waals surface area contributed by atoms with Crippen molar-refractivity contribution in [3.63, 3.8) is 0 Å². The number of carbonyl (C=O) groups is 14. The molecule has 13 atom stereocenters. The molecule has 3 fully saturated rings. The Labute approximate surface area is 548 Å². The number of carboxylic acid groups (broad SMARTS) is 1. The molecule has 3 saturated heterocycles. The summed E-state index contributed by atoms with van der Waals surface area (Å²) in [5.74, 6) is -11.8. The van der Waals surface area contributed by atoms with Gasteiger partial charge in [0.05, 0.1) is 6.04 Å². The van der Waals surface area contributed by atoms with Crippen LogP contribution in [0.25, 0.3) is 0 Å². The van der Waals surface area contributed by atoms with Crippen LogP contribution in [0.15, 0.2) is 0 Å². The Morgan fingerprint density at radius 1 is 0.468 bits per heavy atom. The first-order valence-electron chi connectivity index (χ1n) is 32.7. The molecule has 0 aromatic rings. The fourth-order valence-corrected chi connectivity index (χ4v) is 11.0. The Kier molecular flexibility index (Phi) is 34.1. The van der Waals surface area contributed by atoms with Gasteiger partial charge in [0.15, 0.2) is 5.96 Å². The number of hydrogen-bond donors (Lipinski definition) is 18. The first-order chi connectivity index (χ1) is 44.3. The lowest BCUT2D eigenvalue weighted by Gasteiger charge is -2.31. The summed E-state index contributed by atoms with van der Waals surface area (Å²) in [6.45, 7) is 13.8. The Morgan fingerprint density at radius 2 is 0.915 bits per heavy atom. The first kappa shape index (κ1) is 80.0. The molecule has 0 aliphatic carbocycles. The summed E-state index contributed by atoms with van der Waals surface area (Å²) in [4.78, 5) is 191. The minimum atomic E-state index is -1.48. The second-order valence-electron chi connectivity index (χ2n) is 25.0. The van der Waals surface area contributed by atoms with Gasteiger partial charge in [0.25, 0.3) is 0 Å². The molecule has 3 aliphatic heterocycles. The summed E-state index contributed by atoms with van der Waals surface area (Å²) < 4.78 is 0. The third-order valence-corrected chi connectivity index (χ3v) is 16.6. The summed E-state index contributed by atoms with van der Waals surface area (Å²) in [6.07, 6.45) is 3.98. The van der Waals surface area contributed by atoms with E-state index in [2.05, 4.69) is 63.8 Å². The largest absolute Gasteiger partial charge is 0.480 e. The maximum absolute atomic E-state index is 14.6. The van der Waals surface area contributed by atoms with Crippen LogP contribution in [0.1, 0.15) is 158 Å². The highest BCUT2D eigenvalue weighted by Gasteiger charge is 2.43. The number of hydrogen-bond acceptors (Lipinski definition) is 18. The fraction of sp³-hybridized carbons (Fsp3) is 0.750. The number of nitrogens with zero attached hydrogens (tertiary/aromatic N) is 2. The number of unbranched alkanes of at least 4 members (excludes halogenated alkanes) is 2. The molecule has 34 heteroatoms. The molecule has 22 N–H and O–H groups in total. The van der Waals surface area contributed by atoms with Crippen LogP contribution in [-0.2, 0) is 67.1 Å². The minimum Gasteiger partial charge on any atom is -0.480 e. The van der Waals surface area contributed by atoms with Gasteiger partial charge in [-0.3, -0.25) is 67.7 Å². The van der Waals surface area contributed by atoms with Crippen molar-refractivity contribution in [3.05, 3.63) is 0 Å². The molecule has 0 radical (unpaired) electrons. The Bertz CT molecular complexity index is 2660. The molecule has 0 unspecified atom stereocenters. The highest BCUT2D eigenvalue weighted by atomic mass is 16.4. The van der Waals surface area contributed by atoms with E-state index in [0.717, 1.165) is 6.42 Å². The van der Waals surface area contributed by atoms with Gasteiger partial charge in [-0.05, 0) is 155 Å². The van der Waals surface area contributed by atoms with E-state index in [9.17, 15) is 72.2 Å². The van der Waals surface area contributed by atoms with E-state index < -0.39 is 161 Å². The summed E-state index contributed by atoms with van der Waals surface area (Å²) in [5.41, 5.74) is 22.2. The Balaban J connectivity index is 1.74. The highest BCUT2D eigenvalue weighted by Crippen LogP contribution is 2.23. The van der Waals surface area contributed by atoms with Crippen LogP contribution in [0.2, 0.25) is 0 Å². The molecule has 3 heterocycles. The summed E-state index contributed by atoms with van der Waals surface area (Å²) in [7, 11) is 0.